The van der Waals surface area contributed by atoms with Crippen LogP contribution in [0.3, 0.4) is 0 Å². The van der Waals surface area contributed by atoms with Crippen LogP contribution >= 0.6 is 0 Å². The van der Waals surface area contributed by atoms with Gasteiger partial charge in [-0.15, -0.1) is 6.58 Å². The standard InChI is InChI=1S/C14H22N2O2/c1-3-10(2)16-9-12(17)15-13(14(16)18)11-7-5-4-6-8-11/h3,10-11,13H,1,4-9H2,2H3,(H,15,17). The van der Waals surface area contributed by atoms with Crippen LogP contribution in [-0.4, -0.2) is 35.3 Å². The molecule has 100 valence electrons. The Balaban J connectivity index is 2.11. The van der Waals surface area contributed by atoms with E-state index < -0.39 is 0 Å². The maximum atomic E-state index is 12.4. The number of hydrogen-bond acceptors (Lipinski definition) is 2. The third-order valence-electron chi connectivity index (χ3n) is 4.13. The lowest BCUT2D eigenvalue weighted by Crippen LogP contribution is -2.62. The fourth-order valence-corrected chi connectivity index (χ4v) is 2.95. The Labute approximate surface area is 108 Å². The topological polar surface area (TPSA) is 49.4 Å². The molecule has 2 amide bonds. The van der Waals surface area contributed by atoms with Crippen LogP contribution in [0, 0.1) is 5.92 Å². The number of hydrogen-bond donors (Lipinski definition) is 1. The summed E-state index contributed by atoms with van der Waals surface area (Å²) in [4.78, 5) is 25.8. The Morgan fingerprint density at radius 2 is 2.00 bits per heavy atom. The second-order valence-electron chi connectivity index (χ2n) is 5.39. The molecule has 0 aromatic carbocycles. The van der Waals surface area contributed by atoms with Crippen molar-refractivity contribution in [2.45, 2.75) is 51.1 Å². The van der Waals surface area contributed by atoms with Crippen molar-refractivity contribution in [3.05, 3.63) is 12.7 Å². The first-order chi connectivity index (χ1) is 8.63. The molecule has 2 atom stereocenters. The summed E-state index contributed by atoms with van der Waals surface area (Å²) >= 11 is 0. The predicted molar refractivity (Wildman–Crippen MR) is 69.9 cm³/mol. The van der Waals surface area contributed by atoms with Gasteiger partial charge >= 0.3 is 0 Å². The van der Waals surface area contributed by atoms with Crippen molar-refractivity contribution >= 4 is 11.8 Å². The van der Waals surface area contributed by atoms with Crippen molar-refractivity contribution in [2.75, 3.05) is 6.54 Å². The Morgan fingerprint density at radius 1 is 1.33 bits per heavy atom. The molecule has 0 bridgehead atoms. The van der Waals surface area contributed by atoms with Gasteiger partial charge in [0.05, 0.1) is 0 Å². The third kappa shape index (κ3) is 2.57. The summed E-state index contributed by atoms with van der Waals surface area (Å²) in [7, 11) is 0. The number of rotatable bonds is 3. The van der Waals surface area contributed by atoms with Crippen LogP contribution in [0.1, 0.15) is 39.0 Å². The van der Waals surface area contributed by atoms with Gasteiger partial charge in [-0.25, -0.2) is 0 Å². The van der Waals surface area contributed by atoms with E-state index >= 15 is 0 Å². The summed E-state index contributed by atoms with van der Waals surface area (Å²) < 4.78 is 0. The van der Waals surface area contributed by atoms with Crippen molar-refractivity contribution in [1.82, 2.24) is 10.2 Å². The SMILES string of the molecule is C=CC(C)N1CC(=O)NC(C2CCCCC2)C1=O. The minimum Gasteiger partial charge on any atom is -0.342 e. The second-order valence-corrected chi connectivity index (χ2v) is 5.39. The van der Waals surface area contributed by atoms with Crippen LogP contribution < -0.4 is 5.32 Å². The van der Waals surface area contributed by atoms with E-state index in [4.69, 9.17) is 0 Å². The molecule has 0 radical (unpaired) electrons. The second kappa shape index (κ2) is 5.55. The zero-order valence-electron chi connectivity index (χ0n) is 11.0. The molecule has 1 saturated heterocycles. The largest absolute Gasteiger partial charge is 0.342 e. The highest BCUT2D eigenvalue weighted by molar-refractivity contribution is 5.95. The zero-order chi connectivity index (χ0) is 13.1. The van der Waals surface area contributed by atoms with E-state index in [1.165, 1.54) is 19.3 Å². The minimum absolute atomic E-state index is 0.0427. The summed E-state index contributed by atoms with van der Waals surface area (Å²) in [6.45, 7) is 5.77. The molecule has 2 fully saturated rings. The number of nitrogens with zero attached hydrogens (tertiary/aromatic N) is 1. The van der Waals surface area contributed by atoms with Crippen molar-refractivity contribution in [3.63, 3.8) is 0 Å². The average Bonchev–Trinajstić information content (AvgIpc) is 2.41. The summed E-state index contributed by atoms with van der Waals surface area (Å²) in [5.74, 6) is 0.336. The van der Waals surface area contributed by atoms with Crippen LogP contribution in [0.15, 0.2) is 12.7 Å². The number of amides is 2. The highest BCUT2D eigenvalue weighted by atomic mass is 16.2. The molecule has 1 N–H and O–H groups in total. The molecule has 1 aliphatic carbocycles. The summed E-state index contributed by atoms with van der Waals surface area (Å²) in [5.41, 5.74) is 0. The number of carbonyl (C=O) groups excluding carboxylic acids is 2. The Morgan fingerprint density at radius 3 is 2.61 bits per heavy atom. The first kappa shape index (κ1) is 13.1. The van der Waals surface area contributed by atoms with Gasteiger partial charge in [0.25, 0.3) is 0 Å². The van der Waals surface area contributed by atoms with Crippen molar-refractivity contribution in [2.24, 2.45) is 5.92 Å². The first-order valence-corrected chi connectivity index (χ1v) is 6.86. The van der Waals surface area contributed by atoms with E-state index in [1.54, 1.807) is 11.0 Å². The summed E-state index contributed by atoms with van der Waals surface area (Å²) in [5, 5.41) is 2.88. The van der Waals surface area contributed by atoms with Gasteiger partial charge in [0.2, 0.25) is 11.8 Å². The quantitative estimate of drug-likeness (QED) is 0.771. The highest BCUT2D eigenvalue weighted by Crippen LogP contribution is 2.28. The molecule has 1 aliphatic heterocycles. The van der Waals surface area contributed by atoms with E-state index in [2.05, 4.69) is 11.9 Å². The molecule has 2 aliphatic rings. The van der Waals surface area contributed by atoms with E-state index in [9.17, 15) is 9.59 Å². The van der Waals surface area contributed by atoms with Crippen molar-refractivity contribution in [1.29, 1.82) is 0 Å². The molecule has 1 saturated carbocycles. The average molecular weight is 250 g/mol. The van der Waals surface area contributed by atoms with E-state index in [-0.39, 0.29) is 30.4 Å². The van der Waals surface area contributed by atoms with E-state index in [1.807, 2.05) is 6.92 Å². The van der Waals surface area contributed by atoms with Crippen molar-refractivity contribution < 1.29 is 9.59 Å². The molecule has 18 heavy (non-hydrogen) atoms. The molecule has 2 unspecified atom stereocenters. The Kier molecular flexibility index (Phi) is 4.04. The molecule has 0 aromatic rings. The molecule has 4 heteroatoms. The highest BCUT2D eigenvalue weighted by Gasteiger charge is 2.39. The fraction of sp³-hybridized carbons (Fsp3) is 0.714. The van der Waals surface area contributed by atoms with Gasteiger partial charge in [0.1, 0.15) is 12.6 Å². The molecule has 0 spiro atoms. The van der Waals surface area contributed by atoms with Crippen LogP contribution in [0.4, 0.5) is 0 Å². The van der Waals surface area contributed by atoms with Gasteiger partial charge in [-0.2, -0.15) is 0 Å². The summed E-state index contributed by atoms with van der Waals surface area (Å²) in [6.07, 6.45) is 7.40. The Hall–Kier alpha value is -1.32. The molecule has 4 nitrogen and oxygen atoms in total. The van der Waals surface area contributed by atoms with Crippen LogP contribution in [-0.2, 0) is 9.59 Å². The summed E-state index contributed by atoms with van der Waals surface area (Å²) in [6, 6.07) is -0.386. The molecule has 0 aromatic heterocycles. The maximum Gasteiger partial charge on any atom is 0.246 e. The molecule has 1 heterocycles. The van der Waals surface area contributed by atoms with Crippen LogP contribution in [0.2, 0.25) is 0 Å². The maximum absolute atomic E-state index is 12.4. The third-order valence-corrected chi connectivity index (χ3v) is 4.13. The van der Waals surface area contributed by atoms with Crippen LogP contribution in [0.25, 0.3) is 0 Å². The number of piperazine rings is 1. The minimum atomic E-state index is -0.311. The zero-order valence-corrected chi connectivity index (χ0v) is 11.0. The van der Waals surface area contributed by atoms with Gasteiger partial charge in [-0.05, 0) is 25.7 Å². The van der Waals surface area contributed by atoms with Gasteiger partial charge in [-0.3, -0.25) is 9.59 Å². The number of nitrogens with one attached hydrogen (secondary N) is 1. The smallest absolute Gasteiger partial charge is 0.246 e. The van der Waals surface area contributed by atoms with Gasteiger partial charge in [0.15, 0.2) is 0 Å². The van der Waals surface area contributed by atoms with Gasteiger partial charge in [0, 0.05) is 6.04 Å². The van der Waals surface area contributed by atoms with Crippen molar-refractivity contribution in [3.8, 4) is 0 Å². The van der Waals surface area contributed by atoms with Crippen LogP contribution in [0.5, 0.6) is 0 Å². The normalized spacial score (nSPS) is 27.8. The fourth-order valence-electron chi connectivity index (χ4n) is 2.95. The first-order valence-electron chi connectivity index (χ1n) is 6.86. The lowest BCUT2D eigenvalue weighted by atomic mass is 9.82. The molecule has 2 rings (SSSR count). The number of carbonyl (C=O) groups is 2. The van der Waals surface area contributed by atoms with E-state index in [0.717, 1.165) is 12.8 Å². The van der Waals surface area contributed by atoms with E-state index in [0.29, 0.717) is 5.92 Å². The predicted octanol–water partition coefficient (Wildman–Crippen LogP) is 1.47. The Bertz CT molecular complexity index is 348. The lowest BCUT2D eigenvalue weighted by Gasteiger charge is -2.39. The monoisotopic (exact) mass is 250 g/mol. The molecular formula is C14H22N2O2. The lowest BCUT2D eigenvalue weighted by molar-refractivity contribution is -0.147. The van der Waals surface area contributed by atoms with Gasteiger partial charge < -0.3 is 10.2 Å². The van der Waals surface area contributed by atoms with Gasteiger partial charge in [-0.1, -0.05) is 25.3 Å². The molecular weight excluding hydrogens is 228 g/mol.